The third-order valence-electron chi connectivity index (χ3n) is 3.69. The van der Waals surface area contributed by atoms with Gasteiger partial charge in [-0.25, -0.2) is 9.37 Å². The van der Waals surface area contributed by atoms with Crippen LogP contribution in [0.2, 0.25) is 0 Å². The number of hydrogen-bond donors (Lipinski definition) is 1. The number of aliphatic hydroxyl groups excluding tert-OH is 1. The molecule has 1 atom stereocenters. The summed E-state index contributed by atoms with van der Waals surface area (Å²) in [6, 6.07) is 5.63. The molecule has 5 heteroatoms. The molecule has 1 aliphatic rings. The van der Waals surface area contributed by atoms with Crippen molar-refractivity contribution in [3.63, 3.8) is 0 Å². The van der Waals surface area contributed by atoms with Crippen molar-refractivity contribution in [1.29, 1.82) is 0 Å². The zero-order chi connectivity index (χ0) is 14.1. The number of aromatic nitrogens is 2. The molecule has 0 amide bonds. The van der Waals surface area contributed by atoms with Gasteiger partial charge in [0.15, 0.2) is 0 Å². The highest BCUT2D eigenvalue weighted by Gasteiger charge is 2.18. The maximum absolute atomic E-state index is 12.8. The van der Waals surface area contributed by atoms with Crippen LogP contribution in [0, 0.1) is 5.82 Å². The van der Waals surface area contributed by atoms with Crippen LogP contribution in [0.4, 0.5) is 4.39 Å². The van der Waals surface area contributed by atoms with Crippen LogP contribution in [-0.2, 0) is 19.4 Å². The zero-order valence-electron chi connectivity index (χ0n) is 10.9. The molecule has 0 spiro atoms. The summed E-state index contributed by atoms with van der Waals surface area (Å²) in [6.07, 6.45) is 3.21. The first-order valence-electron chi connectivity index (χ1n) is 6.66. The van der Waals surface area contributed by atoms with E-state index in [0.717, 1.165) is 30.5 Å². The van der Waals surface area contributed by atoms with Gasteiger partial charge in [-0.1, -0.05) is 12.1 Å². The average molecular weight is 274 g/mol. The normalized spacial score (nSPS) is 15.1. The Morgan fingerprint density at radius 3 is 2.80 bits per heavy atom. The molecule has 0 aliphatic heterocycles. The van der Waals surface area contributed by atoms with Crippen molar-refractivity contribution >= 4 is 0 Å². The highest BCUT2D eigenvalue weighted by molar-refractivity contribution is 5.22. The van der Waals surface area contributed by atoms with Crippen molar-refractivity contribution in [2.24, 2.45) is 0 Å². The minimum atomic E-state index is -0.852. The van der Waals surface area contributed by atoms with Crippen LogP contribution in [0.25, 0.3) is 0 Å². The number of aliphatic hydroxyl groups is 1. The van der Waals surface area contributed by atoms with Crippen LogP contribution < -0.4 is 5.56 Å². The lowest BCUT2D eigenvalue weighted by Crippen LogP contribution is -2.26. The monoisotopic (exact) mass is 274 g/mol. The molecule has 0 bridgehead atoms. The average Bonchev–Trinajstić information content (AvgIpc) is 2.92. The summed E-state index contributed by atoms with van der Waals surface area (Å²) >= 11 is 0. The van der Waals surface area contributed by atoms with E-state index >= 15 is 0 Å². The van der Waals surface area contributed by atoms with Crippen LogP contribution >= 0.6 is 0 Å². The van der Waals surface area contributed by atoms with Gasteiger partial charge < -0.3 is 5.11 Å². The molecule has 1 N–H and O–H groups in total. The predicted octanol–water partition coefficient (Wildman–Crippen LogP) is 1.60. The van der Waals surface area contributed by atoms with E-state index in [1.165, 1.54) is 35.2 Å². The second-order valence-electron chi connectivity index (χ2n) is 5.05. The molecular weight excluding hydrogens is 259 g/mol. The van der Waals surface area contributed by atoms with E-state index in [-0.39, 0.29) is 17.9 Å². The fourth-order valence-corrected chi connectivity index (χ4v) is 2.57. The maximum Gasteiger partial charge on any atom is 0.256 e. The third-order valence-corrected chi connectivity index (χ3v) is 3.69. The Labute approximate surface area is 115 Å². The van der Waals surface area contributed by atoms with Gasteiger partial charge in [0.05, 0.1) is 24.7 Å². The summed E-state index contributed by atoms with van der Waals surface area (Å²) in [7, 11) is 0. The van der Waals surface area contributed by atoms with Gasteiger partial charge in [-0.2, -0.15) is 0 Å². The number of nitrogens with zero attached hydrogens (tertiary/aromatic N) is 2. The highest BCUT2D eigenvalue weighted by Crippen LogP contribution is 2.17. The second kappa shape index (κ2) is 5.17. The molecule has 0 saturated heterocycles. The molecule has 0 fully saturated rings. The molecule has 0 unspecified atom stereocenters. The van der Waals surface area contributed by atoms with Gasteiger partial charge in [-0.3, -0.25) is 9.36 Å². The number of aryl methyl sites for hydroxylation is 1. The minimum Gasteiger partial charge on any atom is -0.387 e. The van der Waals surface area contributed by atoms with E-state index in [1.54, 1.807) is 0 Å². The number of fused-ring (bicyclic) bond motifs is 1. The van der Waals surface area contributed by atoms with E-state index in [4.69, 9.17) is 0 Å². The molecule has 104 valence electrons. The van der Waals surface area contributed by atoms with Crippen molar-refractivity contribution in [3.05, 3.63) is 63.6 Å². The molecule has 1 aliphatic carbocycles. The van der Waals surface area contributed by atoms with Crippen molar-refractivity contribution in [3.8, 4) is 0 Å². The van der Waals surface area contributed by atoms with Crippen LogP contribution in [0.3, 0.4) is 0 Å². The molecule has 3 rings (SSSR count). The summed E-state index contributed by atoms with van der Waals surface area (Å²) in [4.78, 5) is 16.5. The fourth-order valence-electron chi connectivity index (χ4n) is 2.57. The van der Waals surface area contributed by atoms with Gasteiger partial charge in [-0.15, -0.1) is 0 Å². The van der Waals surface area contributed by atoms with E-state index in [2.05, 4.69) is 4.98 Å². The topological polar surface area (TPSA) is 55.1 Å². The lowest BCUT2D eigenvalue weighted by atomic mass is 10.1. The molecule has 1 aromatic heterocycles. The van der Waals surface area contributed by atoms with Crippen molar-refractivity contribution in [1.82, 2.24) is 9.55 Å². The third kappa shape index (κ3) is 2.36. The number of halogens is 1. The Morgan fingerprint density at radius 1 is 1.30 bits per heavy atom. The van der Waals surface area contributed by atoms with Crippen molar-refractivity contribution < 1.29 is 9.50 Å². The Bertz CT molecular complexity index is 679. The maximum atomic E-state index is 12.8. The van der Waals surface area contributed by atoms with Gasteiger partial charge >= 0.3 is 0 Å². The molecular formula is C15H15FN2O2. The molecule has 1 aromatic carbocycles. The van der Waals surface area contributed by atoms with Crippen LogP contribution in [-0.4, -0.2) is 14.7 Å². The molecule has 4 nitrogen and oxygen atoms in total. The van der Waals surface area contributed by atoms with E-state index in [1.807, 2.05) is 0 Å². The minimum absolute atomic E-state index is 0.0753. The fraction of sp³-hybridized carbons (Fsp3) is 0.333. The standard InChI is InChI=1S/C15H15FN2O2/c16-11-6-4-10(5-7-11)14(19)8-18-9-17-13-3-1-2-12(13)15(18)20/h4-7,9,14,19H,1-3,8H2/t14-/m0/s1. The largest absolute Gasteiger partial charge is 0.387 e. The summed E-state index contributed by atoms with van der Waals surface area (Å²) in [5.41, 5.74) is 2.15. The molecule has 0 saturated carbocycles. The summed E-state index contributed by atoms with van der Waals surface area (Å²) in [5, 5.41) is 10.1. The Hall–Kier alpha value is -2.01. The SMILES string of the molecule is O=c1c2c(ncn1C[C@H](O)c1ccc(F)cc1)CCC2. The van der Waals surface area contributed by atoms with Crippen LogP contribution in [0.15, 0.2) is 35.4 Å². The second-order valence-corrected chi connectivity index (χ2v) is 5.05. The van der Waals surface area contributed by atoms with Crippen molar-refractivity contribution in [2.45, 2.75) is 31.9 Å². The van der Waals surface area contributed by atoms with E-state index in [0.29, 0.717) is 5.56 Å². The molecule has 2 aromatic rings. The van der Waals surface area contributed by atoms with Crippen LogP contribution in [0.1, 0.15) is 29.3 Å². The Balaban J connectivity index is 1.85. The van der Waals surface area contributed by atoms with Crippen LogP contribution in [0.5, 0.6) is 0 Å². The molecule has 0 radical (unpaired) electrons. The van der Waals surface area contributed by atoms with Gasteiger partial charge in [0.25, 0.3) is 5.56 Å². The summed E-state index contributed by atoms with van der Waals surface area (Å²) in [6.45, 7) is 0.130. The first-order chi connectivity index (χ1) is 9.65. The highest BCUT2D eigenvalue weighted by atomic mass is 19.1. The van der Waals surface area contributed by atoms with E-state index in [9.17, 15) is 14.3 Å². The van der Waals surface area contributed by atoms with Gasteiger partial charge in [-0.05, 0) is 37.0 Å². The van der Waals surface area contributed by atoms with Crippen molar-refractivity contribution in [2.75, 3.05) is 0 Å². The lowest BCUT2D eigenvalue weighted by molar-refractivity contribution is 0.154. The van der Waals surface area contributed by atoms with Gasteiger partial charge in [0.2, 0.25) is 0 Å². The smallest absolute Gasteiger partial charge is 0.256 e. The van der Waals surface area contributed by atoms with Gasteiger partial charge in [0.1, 0.15) is 5.82 Å². The predicted molar refractivity (Wildman–Crippen MR) is 71.9 cm³/mol. The first kappa shape index (κ1) is 13.0. The Morgan fingerprint density at radius 2 is 2.05 bits per heavy atom. The first-order valence-corrected chi connectivity index (χ1v) is 6.66. The van der Waals surface area contributed by atoms with E-state index < -0.39 is 6.10 Å². The number of benzene rings is 1. The summed E-state index contributed by atoms with van der Waals surface area (Å²) < 4.78 is 14.3. The summed E-state index contributed by atoms with van der Waals surface area (Å²) in [5.74, 6) is -0.350. The number of rotatable bonds is 3. The molecule has 1 heterocycles. The zero-order valence-corrected chi connectivity index (χ0v) is 10.9. The molecule has 20 heavy (non-hydrogen) atoms. The Kier molecular flexibility index (Phi) is 3.36. The number of hydrogen-bond acceptors (Lipinski definition) is 3. The van der Waals surface area contributed by atoms with Gasteiger partial charge in [0, 0.05) is 5.56 Å². The lowest BCUT2D eigenvalue weighted by Gasteiger charge is -2.13. The quantitative estimate of drug-likeness (QED) is 0.925.